The monoisotopic (exact) mass is 454 g/mol. The number of carbonyl (C=O) groups excluding carboxylic acids is 1. The number of anilines is 2. The van der Waals surface area contributed by atoms with E-state index >= 15 is 0 Å². The highest BCUT2D eigenvalue weighted by Crippen LogP contribution is 2.58. The maximum atomic E-state index is 13.7. The van der Waals surface area contributed by atoms with Crippen molar-refractivity contribution in [1.29, 1.82) is 0 Å². The first-order valence-corrected chi connectivity index (χ1v) is 11.9. The SMILES string of the molecule is C/C=N\N1C(=O)c2ccccc2C12c1cc(C)c(NCC)cc1Oc1cc(NCC)c(C)cc12. The molecule has 0 saturated heterocycles. The van der Waals surface area contributed by atoms with Crippen LogP contribution in [0.5, 0.6) is 11.5 Å². The maximum absolute atomic E-state index is 13.7. The fourth-order valence-electron chi connectivity index (χ4n) is 5.27. The molecule has 6 nitrogen and oxygen atoms in total. The van der Waals surface area contributed by atoms with Crippen molar-refractivity contribution in [1.82, 2.24) is 5.01 Å². The van der Waals surface area contributed by atoms with Gasteiger partial charge in [0.1, 0.15) is 17.0 Å². The van der Waals surface area contributed by atoms with Crippen molar-refractivity contribution in [2.24, 2.45) is 5.10 Å². The third-order valence-corrected chi connectivity index (χ3v) is 6.68. The van der Waals surface area contributed by atoms with Gasteiger partial charge in [-0.1, -0.05) is 18.2 Å². The van der Waals surface area contributed by atoms with Crippen LogP contribution >= 0.6 is 0 Å². The first kappa shape index (κ1) is 22.0. The van der Waals surface area contributed by atoms with E-state index in [1.807, 2.05) is 43.3 Å². The number of nitrogens with zero attached hydrogens (tertiary/aromatic N) is 2. The van der Waals surface area contributed by atoms with Gasteiger partial charge in [0.2, 0.25) is 0 Å². The molecular weight excluding hydrogens is 424 g/mol. The molecule has 2 aliphatic rings. The van der Waals surface area contributed by atoms with Gasteiger partial charge >= 0.3 is 0 Å². The van der Waals surface area contributed by atoms with Gasteiger partial charge in [0.15, 0.2) is 0 Å². The number of ether oxygens (including phenoxy) is 1. The highest BCUT2D eigenvalue weighted by molar-refractivity contribution is 6.02. The van der Waals surface area contributed by atoms with E-state index in [1.54, 1.807) is 11.2 Å². The number of aryl methyl sites for hydroxylation is 2. The number of hydrogen-bond acceptors (Lipinski definition) is 5. The van der Waals surface area contributed by atoms with Crippen molar-refractivity contribution in [3.8, 4) is 11.5 Å². The quantitative estimate of drug-likeness (QED) is 0.462. The third-order valence-electron chi connectivity index (χ3n) is 6.68. The number of benzene rings is 3. The standard InChI is InChI=1S/C28H30N4O2/c1-6-29-23-15-25-21(13-17(23)4)28(22-14-18(5)24(30-7-2)16-26(22)34-25)20-12-10-9-11-19(20)27(33)32(28)31-8-3/h8-16,29-30H,6-7H2,1-5H3/b31-8-. The van der Waals surface area contributed by atoms with Gasteiger partial charge < -0.3 is 15.4 Å². The zero-order valence-corrected chi connectivity index (χ0v) is 20.3. The molecule has 0 saturated carbocycles. The number of rotatable bonds is 5. The predicted octanol–water partition coefficient (Wildman–Crippen LogP) is 6.03. The van der Waals surface area contributed by atoms with Crippen molar-refractivity contribution in [2.45, 2.75) is 40.2 Å². The first-order valence-electron chi connectivity index (χ1n) is 11.9. The van der Waals surface area contributed by atoms with E-state index in [0.717, 1.165) is 63.8 Å². The summed E-state index contributed by atoms with van der Waals surface area (Å²) < 4.78 is 6.56. The second-order valence-electron chi connectivity index (χ2n) is 8.74. The van der Waals surface area contributed by atoms with Crippen LogP contribution in [0, 0.1) is 13.8 Å². The molecule has 6 heteroatoms. The zero-order chi connectivity index (χ0) is 24.0. The van der Waals surface area contributed by atoms with E-state index in [4.69, 9.17) is 4.74 Å². The average Bonchev–Trinajstić information content (AvgIpc) is 3.06. The maximum Gasteiger partial charge on any atom is 0.275 e. The minimum absolute atomic E-state index is 0.116. The summed E-state index contributed by atoms with van der Waals surface area (Å²) in [6.07, 6.45) is 1.68. The molecule has 0 atom stereocenters. The molecule has 0 fully saturated rings. The van der Waals surface area contributed by atoms with Crippen LogP contribution in [0.2, 0.25) is 0 Å². The van der Waals surface area contributed by atoms with Crippen molar-refractivity contribution in [2.75, 3.05) is 23.7 Å². The number of nitrogens with one attached hydrogen (secondary N) is 2. The molecule has 0 aromatic heterocycles. The van der Waals surface area contributed by atoms with Gasteiger partial charge in [0, 0.05) is 65.1 Å². The Labute approximate surface area is 200 Å². The predicted molar refractivity (Wildman–Crippen MR) is 137 cm³/mol. The molecule has 0 aliphatic carbocycles. The Morgan fingerprint density at radius 3 is 2.00 bits per heavy atom. The van der Waals surface area contributed by atoms with Crippen LogP contribution in [-0.4, -0.2) is 30.2 Å². The number of hydrogen-bond donors (Lipinski definition) is 2. The Hall–Kier alpha value is -3.80. The Bertz CT molecular complexity index is 1270. The lowest BCUT2D eigenvalue weighted by Gasteiger charge is -2.42. The summed E-state index contributed by atoms with van der Waals surface area (Å²) in [6.45, 7) is 11.8. The third kappa shape index (κ3) is 2.94. The van der Waals surface area contributed by atoms with E-state index in [0.29, 0.717) is 5.56 Å². The summed E-state index contributed by atoms with van der Waals surface area (Å²) >= 11 is 0. The van der Waals surface area contributed by atoms with Gasteiger partial charge in [-0.15, -0.1) is 0 Å². The molecule has 3 aromatic rings. The number of carbonyl (C=O) groups is 1. The van der Waals surface area contributed by atoms with Crippen LogP contribution in [0.25, 0.3) is 0 Å². The lowest BCUT2D eigenvalue weighted by atomic mass is 9.74. The van der Waals surface area contributed by atoms with Gasteiger partial charge in [0.05, 0.1) is 0 Å². The molecule has 2 heterocycles. The Morgan fingerprint density at radius 2 is 1.47 bits per heavy atom. The van der Waals surface area contributed by atoms with Crippen molar-refractivity contribution in [3.05, 3.63) is 81.9 Å². The van der Waals surface area contributed by atoms with E-state index in [-0.39, 0.29) is 5.91 Å². The Morgan fingerprint density at radius 1 is 0.912 bits per heavy atom. The fourth-order valence-corrected chi connectivity index (χ4v) is 5.27. The van der Waals surface area contributed by atoms with Gasteiger partial charge in [-0.2, -0.15) is 5.10 Å². The molecule has 5 rings (SSSR count). The zero-order valence-electron chi connectivity index (χ0n) is 20.3. The molecule has 34 heavy (non-hydrogen) atoms. The van der Waals surface area contributed by atoms with Crippen molar-refractivity contribution in [3.63, 3.8) is 0 Å². The second kappa shape index (κ2) is 8.20. The van der Waals surface area contributed by atoms with E-state index in [1.165, 1.54) is 0 Å². The summed E-state index contributed by atoms with van der Waals surface area (Å²) in [6, 6.07) is 16.2. The van der Waals surface area contributed by atoms with Crippen molar-refractivity contribution < 1.29 is 9.53 Å². The molecule has 3 aromatic carbocycles. The molecule has 0 unspecified atom stereocenters. The molecule has 2 aliphatic heterocycles. The average molecular weight is 455 g/mol. The highest BCUT2D eigenvalue weighted by Gasteiger charge is 2.57. The summed E-state index contributed by atoms with van der Waals surface area (Å²) in [5.41, 5.74) is 6.70. The number of hydrazone groups is 1. The van der Waals surface area contributed by atoms with Gasteiger partial charge in [0.25, 0.3) is 5.91 Å². The fraction of sp³-hybridized carbons (Fsp3) is 0.286. The lowest BCUT2D eigenvalue weighted by molar-refractivity contribution is 0.0674. The van der Waals surface area contributed by atoms with Gasteiger partial charge in [-0.25, -0.2) is 5.01 Å². The largest absolute Gasteiger partial charge is 0.456 e. The molecule has 2 N–H and O–H groups in total. The minimum Gasteiger partial charge on any atom is -0.456 e. The lowest BCUT2D eigenvalue weighted by Crippen LogP contribution is -2.44. The summed E-state index contributed by atoms with van der Waals surface area (Å²) in [5.74, 6) is 1.33. The van der Waals surface area contributed by atoms with Crippen molar-refractivity contribution >= 4 is 23.5 Å². The molecule has 174 valence electrons. The summed E-state index contributed by atoms with van der Waals surface area (Å²) in [4.78, 5) is 13.7. The Balaban J connectivity index is 1.91. The molecule has 0 bridgehead atoms. The van der Waals surface area contributed by atoms with Crippen LogP contribution in [0.15, 0.2) is 53.6 Å². The van der Waals surface area contributed by atoms with E-state index < -0.39 is 5.54 Å². The summed E-state index contributed by atoms with van der Waals surface area (Å²) in [7, 11) is 0. The van der Waals surface area contributed by atoms with E-state index in [9.17, 15) is 4.79 Å². The van der Waals surface area contributed by atoms with Crippen LogP contribution in [0.3, 0.4) is 0 Å². The van der Waals surface area contributed by atoms with Crippen LogP contribution in [-0.2, 0) is 5.54 Å². The topological polar surface area (TPSA) is 66.0 Å². The second-order valence-corrected chi connectivity index (χ2v) is 8.74. The van der Waals surface area contributed by atoms with Gasteiger partial charge in [-0.05, 0) is 63.9 Å². The smallest absolute Gasteiger partial charge is 0.275 e. The Kier molecular flexibility index (Phi) is 5.31. The van der Waals surface area contributed by atoms with Crippen LogP contribution < -0.4 is 15.4 Å². The van der Waals surface area contributed by atoms with E-state index in [2.05, 4.69) is 55.6 Å². The molecular formula is C28H30N4O2. The van der Waals surface area contributed by atoms with Crippen LogP contribution in [0.1, 0.15) is 58.9 Å². The highest BCUT2D eigenvalue weighted by atomic mass is 16.5. The number of fused-ring (bicyclic) bond motifs is 6. The molecule has 1 amide bonds. The molecule has 1 spiro atoms. The molecule has 0 radical (unpaired) electrons. The van der Waals surface area contributed by atoms with Gasteiger partial charge in [-0.3, -0.25) is 4.79 Å². The minimum atomic E-state index is -0.923. The normalized spacial score (nSPS) is 15.2. The first-order chi connectivity index (χ1) is 16.5. The summed E-state index contributed by atoms with van der Waals surface area (Å²) in [5, 5.41) is 13.1. The number of amides is 1. The van der Waals surface area contributed by atoms with Crippen LogP contribution in [0.4, 0.5) is 11.4 Å².